The highest BCUT2D eigenvalue weighted by Crippen LogP contribution is 2.56. The van der Waals surface area contributed by atoms with E-state index in [1.54, 1.807) is 0 Å². The van der Waals surface area contributed by atoms with E-state index in [2.05, 4.69) is 58.0 Å². The summed E-state index contributed by atoms with van der Waals surface area (Å²) in [6, 6.07) is 14.6. The minimum Gasteiger partial charge on any atom is -0.393 e. The van der Waals surface area contributed by atoms with E-state index < -0.39 is 11.4 Å². The van der Waals surface area contributed by atoms with E-state index in [-0.39, 0.29) is 18.4 Å². The van der Waals surface area contributed by atoms with Gasteiger partial charge in [-0.25, -0.2) is 0 Å². The van der Waals surface area contributed by atoms with E-state index in [1.165, 1.54) is 11.1 Å². The second-order valence-electron chi connectivity index (χ2n) is 8.69. The Kier molecular flexibility index (Phi) is 5.08. The van der Waals surface area contributed by atoms with Crippen LogP contribution < -0.4 is 0 Å². The van der Waals surface area contributed by atoms with E-state index in [9.17, 15) is 5.11 Å². The quantitative estimate of drug-likeness (QED) is 0.776. The van der Waals surface area contributed by atoms with Gasteiger partial charge in [0.25, 0.3) is 0 Å². The maximum atomic E-state index is 10.1. The third-order valence-corrected chi connectivity index (χ3v) is 7.49. The van der Waals surface area contributed by atoms with Gasteiger partial charge < -0.3 is 14.6 Å². The lowest BCUT2D eigenvalue weighted by atomic mass is 9.69. The lowest BCUT2D eigenvalue weighted by molar-refractivity contribution is -0.284. The molecule has 1 N–H and O–H groups in total. The fraction of sp³-hybridized carbons (Fsp3) is 0.500. The van der Waals surface area contributed by atoms with Crippen LogP contribution in [0.4, 0.5) is 0 Å². The Hall–Kier alpha value is -1.39. The molecule has 5 atom stereocenters. The number of aliphatic hydroxyl groups is 1. The Morgan fingerprint density at radius 1 is 1.07 bits per heavy atom. The summed E-state index contributed by atoms with van der Waals surface area (Å²) < 4.78 is 12.9. The van der Waals surface area contributed by atoms with E-state index in [1.807, 2.05) is 12.1 Å². The van der Waals surface area contributed by atoms with Gasteiger partial charge in [-0.05, 0) is 48.4 Å². The number of aryl methyl sites for hydroxylation is 1. The lowest BCUT2D eigenvalue weighted by Crippen LogP contribution is -2.55. The maximum absolute atomic E-state index is 10.1. The topological polar surface area (TPSA) is 38.7 Å². The maximum Gasteiger partial charge on any atom is 0.198 e. The predicted octanol–water partition coefficient (Wildman–Crippen LogP) is 5.09. The lowest BCUT2D eigenvalue weighted by Gasteiger charge is -2.49. The van der Waals surface area contributed by atoms with Crippen LogP contribution in [0, 0.1) is 24.7 Å². The zero-order chi connectivity index (χ0) is 20.1. The van der Waals surface area contributed by atoms with Gasteiger partial charge in [0.1, 0.15) is 5.60 Å². The SMILES string of the molecule is Cc1ccc(Cc2cc(C34OCC(CO)(O3)[C@@H](C)[C@H](C)C4C)ccc2Cl)cc1. The first-order valence-corrected chi connectivity index (χ1v) is 10.5. The van der Waals surface area contributed by atoms with Crippen molar-refractivity contribution >= 4 is 11.6 Å². The van der Waals surface area contributed by atoms with Crippen molar-refractivity contribution in [2.45, 2.75) is 45.5 Å². The number of benzene rings is 2. The van der Waals surface area contributed by atoms with Gasteiger partial charge in [-0.3, -0.25) is 0 Å². The molecule has 2 aromatic rings. The number of halogens is 1. The van der Waals surface area contributed by atoms with E-state index in [0.717, 1.165) is 22.6 Å². The predicted molar refractivity (Wildman–Crippen MR) is 111 cm³/mol. The van der Waals surface area contributed by atoms with Crippen LogP contribution in [0.2, 0.25) is 5.02 Å². The molecule has 0 spiro atoms. The van der Waals surface area contributed by atoms with E-state index >= 15 is 0 Å². The minimum atomic E-state index is -0.832. The summed E-state index contributed by atoms with van der Waals surface area (Å²) >= 11 is 6.54. The Labute approximate surface area is 172 Å². The first kappa shape index (κ1) is 19.9. The van der Waals surface area contributed by atoms with Crippen molar-refractivity contribution < 1.29 is 14.6 Å². The Balaban J connectivity index is 1.72. The molecule has 0 saturated carbocycles. The first-order chi connectivity index (χ1) is 13.3. The van der Waals surface area contributed by atoms with Crippen LogP contribution in [-0.2, 0) is 21.7 Å². The van der Waals surface area contributed by atoms with Crippen molar-refractivity contribution in [3.05, 3.63) is 69.7 Å². The smallest absolute Gasteiger partial charge is 0.198 e. The van der Waals surface area contributed by atoms with Crippen LogP contribution in [0.25, 0.3) is 0 Å². The molecule has 2 aliphatic heterocycles. The Morgan fingerprint density at radius 2 is 1.79 bits per heavy atom. The van der Waals surface area contributed by atoms with Crippen LogP contribution in [0.3, 0.4) is 0 Å². The van der Waals surface area contributed by atoms with Gasteiger partial charge in [-0.2, -0.15) is 0 Å². The van der Waals surface area contributed by atoms with Crippen LogP contribution in [-0.4, -0.2) is 23.9 Å². The highest BCUT2D eigenvalue weighted by atomic mass is 35.5. The summed E-state index contributed by atoms with van der Waals surface area (Å²) in [5.74, 6) is -0.0819. The number of aliphatic hydroxyl groups excluding tert-OH is 1. The molecule has 3 nitrogen and oxygen atoms in total. The summed E-state index contributed by atoms with van der Waals surface area (Å²) in [5, 5.41) is 10.8. The molecule has 2 aliphatic rings. The zero-order valence-electron chi connectivity index (χ0n) is 17.0. The molecule has 150 valence electrons. The fourth-order valence-corrected chi connectivity index (χ4v) is 4.96. The van der Waals surface area contributed by atoms with Crippen molar-refractivity contribution in [3.63, 3.8) is 0 Å². The molecule has 2 heterocycles. The fourth-order valence-electron chi connectivity index (χ4n) is 4.78. The number of rotatable bonds is 4. The first-order valence-electron chi connectivity index (χ1n) is 10.1. The van der Waals surface area contributed by atoms with Crippen molar-refractivity contribution in [1.29, 1.82) is 0 Å². The van der Waals surface area contributed by atoms with Crippen LogP contribution in [0.1, 0.15) is 43.0 Å². The normalized spacial score (nSPS) is 34.6. The summed E-state index contributed by atoms with van der Waals surface area (Å²) in [7, 11) is 0. The van der Waals surface area contributed by atoms with Crippen LogP contribution in [0.5, 0.6) is 0 Å². The number of ether oxygens (including phenoxy) is 2. The van der Waals surface area contributed by atoms with Crippen LogP contribution >= 0.6 is 11.6 Å². The molecular weight excluding hydrogens is 372 g/mol. The van der Waals surface area contributed by atoms with Gasteiger partial charge in [-0.15, -0.1) is 0 Å². The molecular formula is C24H29ClO3. The zero-order valence-corrected chi connectivity index (χ0v) is 17.8. The minimum absolute atomic E-state index is 0.0310. The van der Waals surface area contributed by atoms with Gasteiger partial charge in [0, 0.05) is 16.5 Å². The third kappa shape index (κ3) is 3.00. The van der Waals surface area contributed by atoms with E-state index in [0.29, 0.717) is 12.5 Å². The van der Waals surface area contributed by atoms with E-state index in [4.69, 9.17) is 21.1 Å². The van der Waals surface area contributed by atoms with Crippen molar-refractivity contribution in [2.75, 3.05) is 13.2 Å². The summed E-state index contributed by atoms with van der Waals surface area (Å²) in [6.45, 7) is 9.04. The molecule has 28 heavy (non-hydrogen) atoms. The van der Waals surface area contributed by atoms with Gasteiger partial charge in [0.2, 0.25) is 0 Å². The monoisotopic (exact) mass is 400 g/mol. The molecule has 3 unspecified atom stereocenters. The second kappa shape index (κ2) is 7.14. The summed E-state index contributed by atoms with van der Waals surface area (Å²) in [4.78, 5) is 0. The van der Waals surface area contributed by atoms with Crippen LogP contribution in [0.15, 0.2) is 42.5 Å². The molecule has 0 amide bonds. The highest BCUT2D eigenvalue weighted by molar-refractivity contribution is 6.31. The average Bonchev–Trinajstić information content (AvgIpc) is 3.08. The summed E-state index contributed by atoms with van der Waals surface area (Å²) in [5.41, 5.74) is 3.88. The molecule has 2 fully saturated rings. The molecule has 0 aromatic heterocycles. The van der Waals surface area contributed by atoms with Gasteiger partial charge in [0.15, 0.2) is 5.79 Å². The molecule has 0 aliphatic carbocycles. The van der Waals surface area contributed by atoms with Crippen molar-refractivity contribution in [3.8, 4) is 0 Å². The Bertz CT molecular complexity index is 865. The number of hydrogen-bond acceptors (Lipinski definition) is 3. The molecule has 2 aromatic carbocycles. The molecule has 4 heteroatoms. The molecule has 2 bridgehead atoms. The van der Waals surface area contributed by atoms with Gasteiger partial charge in [-0.1, -0.05) is 68.3 Å². The summed E-state index contributed by atoms with van der Waals surface area (Å²) in [6.07, 6.45) is 0.758. The largest absolute Gasteiger partial charge is 0.393 e. The van der Waals surface area contributed by atoms with Crippen molar-refractivity contribution in [2.24, 2.45) is 17.8 Å². The van der Waals surface area contributed by atoms with Crippen molar-refractivity contribution in [1.82, 2.24) is 0 Å². The average molecular weight is 401 g/mol. The Morgan fingerprint density at radius 3 is 2.46 bits per heavy atom. The molecule has 0 radical (unpaired) electrons. The molecule has 2 saturated heterocycles. The standard InChI is InChI=1S/C24H29ClO3/c1-15-5-7-19(8-6-15)11-20-12-21(9-10-22(20)25)24-18(4)16(2)17(3)23(13-26,28-24)14-27-24/h5-10,12,16-18,26H,11,13-14H2,1-4H3/t16-,17-,18?,23?,24?/m0/s1. The van der Waals surface area contributed by atoms with Gasteiger partial charge in [0.05, 0.1) is 13.2 Å². The number of fused-ring (bicyclic) bond motifs is 2. The second-order valence-corrected chi connectivity index (χ2v) is 9.09. The third-order valence-electron chi connectivity index (χ3n) is 7.12. The van der Waals surface area contributed by atoms with Gasteiger partial charge >= 0.3 is 0 Å². The number of hydrogen-bond donors (Lipinski definition) is 1. The highest BCUT2D eigenvalue weighted by Gasteiger charge is 2.63. The molecule has 4 rings (SSSR count).